The highest BCUT2D eigenvalue weighted by molar-refractivity contribution is 6.36. The molecule has 1 atom stereocenters. The van der Waals surface area contributed by atoms with Crippen LogP contribution in [-0.4, -0.2) is 22.8 Å². The summed E-state index contributed by atoms with van der Waals surface area (Å²) >= 11 is 6.44. The number of benzene rings is 3. The number of benzodiazepines with no additional fused rings is 1. The van der Waals surface area contributed by atoms with Crippen LogP contribution in [-0.2, 0) is 4.79 Å². The van der Waals surface area contributed by atoms with Crippen molar-refractivity contribution in [3.8, 4) is 5.75 Å². The fourth-order valence-corrected chi connectivity index (χ4v) is 3.24. The van der Waals surface area contributed by atoms with Crippen molar-refractivity contribution in [2.75, 3.05) is 5.32 Å². The molecule has 3 aromatic carbocycles. The number of rotatable bonds is 3. The van der Waals surface area contributed by atoms with Gasteiger partial charge in [0.1, 0.15) is 11.8 Å². The first-order chi connectivity index (χ1) is 14.0. The molecule has 7 heteroatoms. The van der Waals surface area contributed by atoms with Crippen LogP contribution in [0.1, 0.15) is 18.1 Å². The molecule has 144 valence electrons. The molecule has 4 rings (SSSR count). The molecule has 1 aliphatic rings. The average molecular weight is 405 g/mol. The lowest BCUT2D eigenvalue weighted by Crippen LogP contribution is -2.22. The topological polar surface area (TPSA) is 86.4 Å². The van der Waals surface area contributed by atoms with Gasteiger partial charge in [-0.1, -0.05) is 35.9 Å². The van der Waals surface area contributed by atoms with Crippen molar-refractivity contribution >= 4 is 40.3 Å². The van der Waals surface area contributed by atoms with E-state index in [0.29, 0.717) is 38.9 Å². The van der Waals surface area contributed by atoms with Crippen molar-refractivity contribution in [1.82, 2.24) is 0 Å². The molecule has 29 heavy (non-hydrogen) atoms. The van der Waals surface area contributed by atoms with Gasteiger partial charge in [-0.15, -0.1) is 5.11 Å². The maximum atomic E-state index is 12.4. The number of hydrogen-bond acceptors (Lipinski definition) is 5. The SMILES string of the molecule is CC1N=C(c2ccccc2Cl)c2c(N=Nc3ccc(O)cc3)cccc2NC1=O. The summed E-state index contributed by atoms with van der Waals surface area (Å²) < 4.78 is 0. The molecular weight excluding hydrogens is 388 g/mol. The number of phenolic OH excluding ortho intramolecular Hbond substituents is 1. The molecule has 0 bridgehead atoms. The highest BCUT2D eigenvalue weighted by Gasteiger charge is 2.26. The van der Waals surface area contributed by atoms with Gasteiger partial charge in [0, 0.05) is 10.6 Å². The summed E-state index contributed by atoms with van der Waals surface area (Å²) in [5.74, 6) is -0.0525. The van der Waals surface area contributed by atoms with Gasteiger partial charge in [0.2, 0.25) is 5.91 Å². The Kier molecular flexibility index (Phi) is 5.10. The van der Waals surface area contributed by atoms with Crippen molar-refractivity contribution in [1.29, 1.82) is 0 Å². The zero-order valence-corrected chi connectivity index (χ0v) is 16.3. The van der Waals surface area contributed by atoms with E-state index >= 15 is 0 Å². The molecule has 6 nitrogen and oxygen atoms in total. The second kappa shape index (κ2) is 7.85. The number of hydrogen-bond donors (Lipinski definition) is 2. The minimum Gasteiger partial charge on any atom is -0.508 e. The van der Waals surface area contributed by atoms with Crippen LogP contribution in [0.4, 0.5) is 17.1 Å². The second-order valence-corrected chi connectivity index (χ2v) is 6.95. The number of carbonyl (C=O) groups is 1. The van der Waals surface area contributed by atoms with Crippen molar-refractivity contribution < 1.29 is 9.90 Å². The van der Waals surface area contributed by atoms with Crippen LogP contribution in [0, 0.1) is 0 Å². The molecule has 0 aliphatic carbocycles. The number of azo groups is 1. The third-order valence-corrected chi connectivity index (χ3v) is 4.82. The minimum atomic E-state index is -0.587. The second-order valence-electron chi connectivity index (χ2n) is 6.54. The molecule has 0 saturated heterocycles. The highest BCUT2D eigenvalue weighted by atomic mass is 35.5. The largest absolute Gasteiger partial charge is 0.508 e. The molecular formula is C22H17ClN4O2. The number of fused-ring (bicyclic) bond motifs is 1. The van der Waals surface area contributed by atoms with E-state index in [1.54, 1.807) is 55.5 Å². The van der Waals surface area contributed by atoms with Crippen LogP contribution in [0.2, 0.25) is 5.02 Å². The summed E-state index contributed by atoms with van der Waals surface area (Å²) in [5, 5.41) is 21.5. The Labute approximate surface area is 172 Å². The maximum Gasteiger partial charge on any atom is 0.248 e. The van der Waals surface area contributed by atoms with Crippen LogP contribution in [0.5, 0.6) is 5.75 Å². The van der Waals surface area contributed by atoms with Crippen LogP contribution < -0.4 is 5.32 Å². The molecule has 2 N–H and O–H groups in total. The number of aromatic hydroxyl groups is 1. The predicted octanol–water partition coefficient (Wildman–Crippen LogP) is 5.64. The third-order valence-electron chi connectivity index (χ3n) is 4.49. The van der Waals surface area contributed by atoms with E-state index in [2.05, 4.69) is 20.5 Å². The number of nitrogens with one attached hydrogen (secondary N) is 1. The van der Waals surface area contributed by atoms with Crippen LogP contribution in [0.25, 0.3) is 0 Å². The Morgan fingerprint density at radius 2 is 1.76 bits per heavy atom. The fourth-order valence-electron chi connectivity index (χ4n) is 3.02. The van der Waals surface area contributed by atoms with Gasteiger partial charge in [-0.25, -0.2) is 0 Å². The van der Waals surface area contributed by atoms with Crippen molar-refractivity contribution in [3.05, 3.63) is 82.9 Å². The average Bonchev–Trinajstić information content (AvgIpc) is 2.84. The monoisotopic (exact) mass is 404 g/mol. The predicted molar refractivity (Wildman–Crippen MR) is 114 cm³/mol. The van der Waals surface area contributed by atoms with Gasteiger partial charge in [0.05, 0.1) is 28.3 Å². The number of halogens is 1. The number of carbonyl (C=O) groups excluding carboxylic acids is 1. The van der Waals surface area contributed by atoms with Crippen LogP contribution >= 0.6 is 11.6 Å². The standard InChI is InChI=1S/C22H17ClN4O2/c1-13-22(29)25-18-7-4-8-19(27-26-14-9-11-15(28)12-10-14)20(18)21(24-13)16-5-2-3-6-17(16)23/h2-13,28H,1H3,(H,25,29). The van der Waals surface area contributed by atoms with Gasteiger partial charge in [-0.3, -0.25) is 9.79 Å². The van der Waals surface area contributed by atoms with Crippen molar-refractivity contribution in [3.63, 3.8) is 0 Å². The number of phenols is 1. The Balaban J connectivity index is 1.88. The smallest absolute Gasteiger partial charge is 0.248 e. The number of nitrogens with zero attached hydrogens (tertiary/aromatic N) is 3. The summed E-state index contributed by atoms with van der Waals surface area (Å²) in [4.78, 5) is 17.1. The molecule has 3 aromatic rings. The van der Waals surface area contributed by atoms with E-state index in [1.807, 2.05) is 18.2 Å². The molecule has 0 fully saturated rings. The van der Waals surface area contributed by atoms with E-state index in [9.17, 15) is 9.90 Å². The Morgan fingerprint density at radius 1 is 1.00 bits per heavy atom. The minimum absolute atomic E-state index is 0.155. The van der Waals surface area contributed by atoms with Crippen LogP contribution in [0.3, 0.4) is 0 Å². The molecule has 1 heterocycles. The Morgan fingerprint density at radius 3 is 2.52 bits per heavy atom. The van der Waals surface area contributed by atoms with E-state index in [0.717, 1.165) is 0 Å². The van der Waals surface area contributed by atoms with Gasteiger partial charge < -0.3 is 10.4 Å². The summed E-state index contributed by atoms with van der Waals surface area (Å²) in [5.41, 5.74) is 3.68. The lowest BCUT2D eigenvalue weighted by atomic mass is 9.99. The molecule has 1 amide bonds. The van der Waals surface area contributed by atoms with Crippen molar-refractivity contribution in [2.24, 2.45) is 15.2 Å². The Bertz CT molecular complexity index is 1140. The molecule has 0 radical (unpaired) electrons. The van der Waals surface area contributed by atoms with E-state index < -0.39 is 6.04 Å². The van der Waals surface area contributed by atoms with Gasteiger partial charge in [-0.2, -0.15) is 5.11 Å². The molecule has 1 unspecified atom stereocenters. The lowest BCUT2D eigenvalue weighted by molar-refractivity contribution is -0.116. The number of amides is 1. The molecule has 0 spiro atoms. The maximum absolute atomic E-state index is 12.4. The summed E-state index contributed by atoms with van der Waals surface area (Å²) in [6.45, 7) is 1.73. The number of anilines is 1. The molecule has 0 aromatic heterocycles. The van der Waals surface area contributed by atoms with Gasteiger partial charge in [0.25, 0.3) is 0 Å². The normalized spacial score (nSPS) is 16.1. The van der Waals surface area contributed by atoms with Crippen molar-refractivity contribution in [2.45, 2.75) is 13.0 Å². The zero-order valence-electron chi connectivity index (χ0n) is 15.5. The van der Waals surface area contributed by atoms with E-state index in [4.69, 9.17) is 11.6 Å². The van der Waals surface area contributed by atoms with E-state index in [1.165, 1.54) is 0 Å². The summed E-state index contributed by atoms with van der Waals surface area (Å²) in [6.07, 6.45) is 0. The lowest BCUT2D eigenvalue weighted by Gasteiger charge is -2.13. The first-order valence-corrected chi connectivity index (χ1v) is 9.38. The highest BCUT2D eigenvalue weighted by Crippen LogP contribution is 2.35. The molecule has 0 saturated carbocycles. The first-order valence-electron chi connectivity index (χ1n) is 9.00. The molecule has 1 aliphatic heterocycles. The quantitative estimate of drug-likeness (QED) is 0.553. The summed E-state index contributed by atoms with van der Waals surface area (Å²) in [6, 6.07) is 18.6. The third kappa shape index (κ3) is 3.88. The van der Waals surface area contributed by atoms with Gasteiger partial charge in [-0.05, 0) is 49.4 Å². The first kappa shape index (κ1) is 18.8. The van der Waals surface area contributed by atoms with E-state index in [-0.39, 0.29) is 11.7 Å². The Hall–Kier alpha value is -3.51. The van der Waals surface area contributed by atoms with Crippen LogP contribution in [0.15, 0.2) is 82.0 Å². The zero-order chi connectivity index (χ0) is 20.4. The fraction of sp³-hybridized carbons (Fsp3) is 0.0909. The number of aliphatic imine (C=N–C) groups is 1. The van der Waals surface area contributed by atoms with Gasteiger partial charge in [0.15, 0.2) is 0 Å². The summed E-state index contributed by atoms with van der Waals surface area (Å²) in [7, 11) is 0. The van der Waals surface area contributed by atoms with Gasteiger partial charge >= 0.3 is 0 Å².